The summed E-state index contributed by atoms with van der Waals surface area (Å²) in [6.07, 6.45) is 0. The average Bonchev–Trinajstić information content (AvgIpc) is 2.48. The molecule has 2 aromatic rings. The van der Waals surface area contributed by atoms with Crippen molar-refractivity contribution in [3.05, 3.63) is 58.1 Å². The number of carbonyl (C=O) groups is 1. The summed E-state index contributed by atoms with van der Waals surface area (Å²) < 4.78 is 11.5. The van der Waals surface area contributed by atoms with Crippen molar-refractivity contribution in [2.24, 2.45) is 0 Å². The highest BCUT2D eigenvalue weighted by molar-refractivity contribution is 9.10. The van der Waals surface area contributed by atoms with Crippen molar-refractivity contribution in [1.29, 1.82) is 0 Å². The summed E-state index contributed by atoms with van der Waals surface area (Å²) in [6, 6.07) is 13.3. The number of rotatable bonds is 5. The van der Waals surface area contributed by atoms with E-state index in [0.29, 0.717) is 17.4 Å². The van der Waals surface area contributed by atoms with E-state index in [1.807, 2.05) is 43.3 Å². The standard InChI is InChI=1S/C18H19BrO3/c1-12(2)14-5-7-15(8-6-14)21-11-18(20)22-17-9-4-13(3)10-16(17)19/h4-10,12H,11H2,1-3H3. The van der Waals surface area contributed by atoms with Crippen LogP contribution in [0.15, 0.2) is 46.9 Å². The average molecular weight is 363 g/mol. The highest BCUT2D eigenvalue weighted by Crippen LogP contribution is 2.26. The van der Waals surface area contributed by atoms with Crippen LogP contribution in [-0.2, 0) is 4.79 Å². The van der Waals surface area contributed by atoms with E-state index >= 15 is 0 Å². The molecule has 0 fully saturated rings. The first-order valence-corrected chi connectivity index (χ1v) is 7.94. The van der Waals surface area contributed by atoms with E-state index in [-0.39, 0.29) is 6.61 Å². The zero-order valence-electron chi connectivity index (χ0n) is 12.9. The fourth-order valence-electron chi connectivity index (χ4n) is 1.93. The first-order valence-electron chi connectivity index (χ1n) is 7.15. The Morgan fingerprint density at radius 3 is 2.41 bits per heavy atom. The maximum Gasteiger partial charge on any atom is 0.349 e. The van der Waals surface area contributed by atoms with Gasteiger partial charge in [-0.05, 0) is 64.2 Å². The Hall–Kier alpha value is -1.81. The van der Waals surface area contributed by atoms with Crippen LogP contribution in [0.3, 0.4) is 0 Å². The predicted molar refractivity (Wildman–Crippen MR) is 90.5 cm³/mol. The fourth-order valence-corrected chi connectivity index (χ4v) is 2.51. The van der Waals surface area contributed by atoms with Gasteiger partial charge >= 0.3 is 5.97 Å². The third-order valence-corrected chi connectivity index (χ3v) is 3.83. The smallest absolute Gasteiger partial charge is 0.349 e. The zero-order valence-corrected chi connectivity index (χ0v) is 14.5. The van der Waals surface area contributed by atoms with Gasteiger partial charge in [-0.1, -0.05) is 32.0 Å². The summed E-state index contributed by atoms with van der Waals surface area (Å²) in [5, 5.41) is 0. The van der Waals surface area contributed by atoms with Crippen molar-refractivity contribution in [2.45, 2.75) is 26.7 Å². The Morgan fingerprint density at radius 1 is 1.14 bits per heavy atom. The van der Waals surface area contributed by atoms with Crippen LogP contribution in [0.5, 0.6) is 11.5 Å². The molecule has 0 saturated heterocycles. The Bertz CT molecular complexity index is 648. The number of aryl methyl sites for hydroxylation is 1. The van der Waals surface area contributed by atoms with Crippen LogP contribution < -0.4 is 9.47 Å². The third kappa shape index (κ3) is 4.60. The molecule has 0 amide bonds. The molecule has 0 spiro atoms. The molecule has 0 heterocycles. The van der Waals surface area contributed by atoms with E-state index < -0.39 is 5.97 Å². The zero-order chi connectivity index (χ0) is 16.1. The molecule has 0 aliphatic rings. The lowest BCUT2D eigenvalue weighted by Gasteiger charge is -2.10. The van der Waals surface area contributed by atoms with E-state index in [0.717, 1.165) is 10.0 Å². The fraction of sp³-hybridized carbons (Fsp3) is 0.278. The lowest BCUT2D eigenvalue weighted by molar-refractivity contribution is -0.136. The lowest BCUT2D eigenvalue weighted by Crippen LogP contribution is -2.17. The molecule has 22 heavy (non-hydrogen) atoms. The van der Waals surface area contributed by atoms with E-state index in [1.54, 1.807) is 6.07 Å². The van der Waals surface area contributed by atoms with Gasteiger partial charge in [-0.15, -0.1) is 0 Å². The Morgan fingerprint density at radius 2 is 1.82 bits per heavy atom. The van der Waals surface area contributed by atoms with Gasteiger partial charge in [0, 0.05) is 0 Å². The van der Waals surface area contributed by atoms with Crippen molar-refractivity contribution in [1.82, 2.24) is 0 Å². The largest absolute Gasteiger partial charge is 0.482 e. The molecule has 0 aliphatic carbocycles. The maximum atomic E-state index is 11.8. The summed E-state index contributed by atoms with van der Waals surface area (Å²) in [6.45, 7) is 6.11. The lowest BCUT2D eigenvalue weighted by atomic mass is 10.0. The summed E-state index contributed by atoms with van der Waals surface area (Å²) in [5.41, 5.74) is 2.33. The Labute approximate surface area is 139 Å². The second kappa shape index (κ2) is 7.45. The molecule has 0 radical (unpaired) electrons. The van der Waals surface area contributed by atoms with Crippen LogP contribution in [0.4, 0.5) is 0 Å². The minimum absolute atomic E-state index is 0.124. The molecule has 2 aromatic carbocycles. The van der Waals surface area contributed by atoms with Crippen molar-refractivity contribution in [3.8, 4) is 11.5 Å². The molecule has 2 rings (SSSR count). The minimum Gasteiger partial charge on any atom is -0.482 e. The summed E-state index contributed by atoms with van der Waals surface area (Å²) in [5.74, 6) is 1.19. The summed E-state index contributed by atoms with van der Waals surface area (Å²) >= 11 is 3.38. The number of carbonyl (C=O) groups excluding carboxylic acids is 1. The molecule has 0 unspecified atom stereocenters. The molecule has 0 bridgehead atoms. The summed E-state index contributed by atoms with van der Waals surface area (Å²) in [7, 11) is 0. The Balaban J connectivity index is 1.89. The molecule has 0 atom stereocenters. The molecule has 116 valence electrons. The molecule has 4 heteroatoms. The van der Waals surface area contributed by atoms with Crippen LogP contribution >= 0.6 is 15.9 Å². The minimum atomic E-state index is -0.433. The molecular weight excluding hydrogens is 344 g/mol. The van der Waals surface area contributed by atoms with Crippen LogP contribution in [0, 0.1) is 6.92 Å². The number of hydrogen-bond donors (Lipinski definition) is 0. The highest BCUT2D eigenvalue weighted by atomic mass is 79.9. The topological polar surface area (TPSA) is 35.5 Å². The first-order chi connectivity index (χ1) is 10.5. The normalized spacial score (nSPS) is 10.6. The van der Waals surface area contributed by atoms with Gasteiger partial charge in [0.1, 0.15) is 11.5 Å². The maximum absolute atomic E-state index is 11.8. The van der Waals surface area contributed by atoms with Crippen LogP contribution in [0.1, 0.15) is 30.9 Å². The molecular formula is C18H19BrO3. The van der Waals surface area contributed by atoms with Gasteiger partial charge in [0.05, 0.1) is 4.47 Å². The highest BCUT2D eigenvalue weighted by Gasteiger charge is 2.09. The molecule has 0 N–H and O–H groups in total. The number of ether oxygens (including phenoxy) is 2. The number of benzene rings is 2. The van der Waals surface area contributed by atoms with E-state index in [2.05, 4.69) is 29.8 Å². The van der Waals surface area contributed by atoms with Crippen LogP contribution in [0.2, 0.25) is 0 Å². The first kappa shape index (κ1) is 16.6. The number of halogens is 1. The van der Waals surface area contributed by atoms with E-state index in [9.17, 15) is 4.79 Å². The molecule has 0 aromatic heterocycles. The van der Waals surface area contributed by atoms with Crippen molar-refractivity contribution < 1.29 is 14.3 Å². The van der Waals surface area contributed by atoms with Gasteiger partial charge in [0.2, 0.25) is 0 Å². The second-order valence-corrected chi connectivity index (χ2v) is 6.27. The molecule has 0 aliphatic heterocycles. The van der Waals surface area contributed by atoms with Crippen molar-refractivity contribution in [2.75, 3.05) is 6.61 Å². The molecule has 0 saturated carbocycles. The number of esters is 1. The van der Waals surface area contributed by atoms with E-state index in [4.69, 9.17) is 9.47 Å². The summed E-state index contributed by atoms with van der Waals surface area (Å²) in [4.78, 5) is 11.8. The van der Waals surface area contributed by atoms with Gasteiger partial charge in [-0.25, -0.2) is 4.79 Å². The second-order valence-electron chi connectivity index (χ2n) is 5.42. The molecule has 3 nitrogen and oxygen atoms in total. The van der Waals surface area contributed by atoms with Crippen LogP contribution in [-0.4, -0.2) is 12.6 Å². The van der Waals surface area contributed by atoms with Gasteiger partial charge in [-0.2, -0.15) is 0 Å². The van der Waals surface area contributed by atoms with Gasteiger partial charge in [-0.3, -0.25) is 0 Å². The predicted octanol–water partition coefficient (Wildman–Crippen LogP) is 4.87. The monoisotopic (exact) mass is 362 g/mol. The van der Waals surface area contributed by atoms with Crippen molar-refractivity contribution >= 4 is 21.9 Å². The van der Waals surface area contributed by atoms with Crippen LogP contribution in [0.25, 0.3) is 0 Å². The van der Waals surface area contributed by atoms with Crippen molar-refractivity contribution in [3.63, 3.8) is 0 Å². The van der Waals surface area contributed by atoms with Gasteiger partial charge in [0.15, 0.2) is 6.61 Å². The van der Waals surface area contributed by atoms with Gasteiger partial charge in [0.25, 0.3) is 0 Å². The third-order valence-electron chi connectivity index (χ3n) is 3.21. The van der Waals surface area contributed by atoms with E-state index in [1.165, 1.54) is 5.56 Å². The quantitative estimate of drug-likeness (QED) is 0.562. The Kier molecular flexibility index (Phi) is 5.61. The number of hydrogen-bond acceptors (Lipinski definition) is 3. The van der Waals surface area contributed by atoms with Gasteiger partial charge < -0.3 is 9.47 Å². The SMILES string of the molecule is Cc1ccc(OC(=O)COc2ccc(C(C)C)cc2)c(Br)c1.